The fourth-order valence-corrected chi connectivity index (χ4v) is 2.86. The predicted octanol–water partition coefficient (Wildman–Crippen LogP) is 3.88. The third-order valence-electron chi connectivity index (χ3n) is 3.86. The molecule has 106 valence electrons. The number of fused-ring (bicyclic) bond motifs is 1. The molecule has 3 rings (SSSR count). The number of hydrogen-bond acceptors (Lipinski definition) is 3. The predicted molar refractivity (Wildman–Crippen MR) is 83.0 cm³/mol. The lowest BCUT2D eigenvalue weighted by atomic mass is 9.97. The Kier molecular flexibility index (Phi) is 3.72. The van der Waals surface area contributed by atoms with Gasteiger partial charge in [-0.15, -0.1) is 0 Å². The van der Waals surface area contributed by atoms with Gasteiger partial charge in [0.15, 0.2) is 0 Å². The van der Waals surface area contributed by atoms with Gasteiger partial charge in [0.2, 0.25) is 0 Å². The van der Waals surface area contributed by atoms with Gasteiger partial charge in [-0.3, -0.25) is 0 Å². The normalized spacial score (nSPS) is 15.4. The Hall–Kier alpha value is -1.84. The van der Waals surface area contributed by atoms with E-state index < -0.39 is 0 Å². The van der Waals surface area contributed by atoms with Crippen LogP contribution >= 0.6 is 0 Å². The van der Waals surface area contributed by atoms with E-state index in [0.29, 0.717) is 0 Å². The third-order valence-corrected chi connectivity index (χ3v) is 3.86. The first-order valence-corrected chi connectivity index (χ1v) is 7.48. The molecule has 2 N–H and O–H groups in total. The van der Waals surface area contributed by atoms with Gasteiger partial charge in [-0.05, 0) is 52.0 Å². The Morgan fingerprint density at radius 1 is 1.25 bits per heavy atom. The molecule has 20 heavy (non-hydrogen) atoms. The lowest BCUT2D eigenvalue weighted by molar-refractivity contribution is 0.679. The van der Waals surface area contributed by atoms with Crippen LogP contribution in [0.25, 0.3) is 11.0 Å². The third kappa shape index (κ3) is 2.84. The Labute approximate surface area is 119 Å². The van der Waals surface area contributed by atoms with Gasteiger partial charge in [0.25, 0.3) is 0 Å². The maximum Gasteiger partial charge on any atom is 0.143 e. The van der Waals surface area contributed by atoms with Crippen molar-refractivity contribution in [3.63, 3.8) is 0 Å². The molecule has 4 nitrogen and oxygen atoms in total. The summed E-state index contributed by atoms with van der Waals surface area (Å²) in [6.07, 6.45) is 8.75. The zero-order valence-electron chi connectivity index (χ0n) is 12.3. The number of nitrogens with zero attached hydrogens (tertiary/aromatic N) is 2. The maximum absolute atomic E-state index is 4.54. The molecule has 0 amide bonds. The van der Waals surface area contributed by atoms with E-state index in [1.54, 1.807) is 5.57 Å². The van der Waals surface area contributed by atoms with Gasteiger partial charge in [0, 0.05) is 12.2 Å². The SMILES string of the molecule is Cc1nc(NCCC2=CCCCC2)c2cc(C)[nH]c2n1. The van der Waals surface area contributed by atoms with E-state index in [2.05, 4.69) is 32.4 Å². The number of anilines is 1. The summed E-state index contributed by atoms with van der Waals surface area (Å²) in [6.45, 7) is 4.93. The summed E-state index contributed by atoms with van der Waals surface area (Å²) in [6, 6.07) is 2.11. The fraction of sp³-hybridized carbons (Fsp3) is 0.500. The second-order valence-electron chi connectivity index (χ2n) is 5.62. The molecule has 1 aliphatic rings. The summed E-state index contributed by atoms with van der Waals surface area (Å²) in [5, 5.41) is 4.57. The Morgan fingerprint density at radius 2 is 2.15 bits per heavy atom. The minimum Gasteiger partial charge on any atom is -0.369 e. The molecule has 0 aromatic carbocycles. The number of rotatable bonds is 4. The van der Waals surface area contributed by atoms with Gasteiger partial charge < -0.3 is 10.3 Å². The van der Waals surface area contributed by atoms with Crippen LogP contribution in [0.3, 0.4) is 0 Å². The highest BCUT2D eigenvalue weighted by molar-refractivity contribution is 5.87. The molecule has 0 atom stereocenters. The van der Waals surface area contributed by atoms with Gasteiger partial charge in [-0.25, -0.2) is 9.97 Å². The molecule has 0 fully saturated rings. The van der Waals surface area contributed by atoms with Gasteiger partial charge in [0.05, 0.1) is 5.39 Å². The van der Waals surface area contributed by atoms with Crippen molar-refractivity contribution in [3.8, 4) is 0 Å². The molecule has 4 heteroatoms. The van der Waals surface area contributed by atoms with Crippen molar-refractivity contribution in [1.29, 1.82) is 0 Å². The lowest BCUT2D eigenvalue weighted by Gasteiger charge is -2.13. The highest BCUT2D eigenvalue weighted by Crippen LogP contribution is 2.23. The zero-order valence-corrected chi connectivity index (χ0v) is 12.3. The molecule has 2 aromatic rings. The molecular formula is C16H22N4. The minimum atomic E-state index is 0.804. The van der Waals surface area contributed by atoms with E-state index >= 15 is 0 Å². The summed E-state index contributed by atoms with van der Waals surface area (Å²) >= 11 is 0. The van der Waals surface area contributed by atoms with Crippen LogP contribution < -0.4 is 5.32 Å². The first-order valence-electron chi connectivity index (χ1n) is 7.48. The van der Waals surface area contributed by atoms with Crippen LogP contribution in [0.2, 0.25) is 0 Å². The number of aryl methyl sites for hydroxylation is 2. The van der Waals surface area contributed by atoms with Crippen LogP contribution in [0.5, 0.6) is 0 Å². The Balaban J connectivity index is 1.72. The van der Waals surface area contributed by atoms with Crippen molar-refractivity contribution in [2.45, 2.75) is 46.0 Å². The smallest absolute Gasteiger partial charge is 0.143 e. The quantitative estimate of drug-likeness (QED) is 0.829. The van der Waals surface area contributed by atoms with Crippen molar-refractivity contribution in [2.24, 2.45) is 0 Å². The van der Waals surface area contributed by atoms with Crippen molar-refractivity contribution in [3.05, 3.63) is 29.2 Å². The van der Waals surface area contributed by atoms with Gasteiger partial charge in [-0.2, -0.15) is 0 Å². The lowest BCUT2D eigenvalue weighted by Crippen LogP contribution is -2.07. The highest BCUT2D eigenvalue weighted by atomic mass is 15.0. The number of aromatic nitrogens is 3. The van der Waals surface area contributed by atoms with Gasteiger partial charge in [-0.1, -0.05) is 11.6 Å². The highest BCUT2D eigenvalue weighted by Gasteiger charge is 2.09. The molecule has 2 heterocycles. The molecule has 0 unspecified atom stereocenters. The van der Waals surface area contributed by atoms with E-state index in [4.69, 9.17) is 0 Å². The average molecular weight is 270 g/mol. The van der Waals surface area contributed by atoms with E-state index in [9.17, 15) is 0 Å². The summed E-state index contributed by atoms with van der Waals surface area (Å²) < 4.78 is 0. The van der Waals surface area contributed by atoms with Crippen LogP contribution in [-0.4, -0.2) is 21.5 Å². The van der Waals surface area contributed by atoms with Gasteiger partial charge in [0.1, 0.15) is 17.3 Å². The first-order chi connectivity index (χ1) is 9.72. The van der Waals surface area contributed by atoms with Gasteiger partial charge >= 0.3 is 0 Å². The minimum absolute atomic E-state index is 0.804. The van der Waals surface area contributed by atoms with E-state index in [0.717, 1.165) is 41.3 Å². The van der Waals surface area contributed by atoms with E-state index in [1.165, 1.54) is 25.7 Å². The Bertz CT molecular complexity index is 639. The van der Waals surface area contributed by atoms with E-state index in [-0.39, 0.29) is 0 Å². The molecule has 0 bridgehead atoms. The monoisotopic (exact) mass is 270 g/mol. The summed E-state index contributed by atoms with van der Waals surface area (Å²) in [4.78, 5) is 12.2. The zero-order chi connectivity index (χ0) is 13.9. The van der Waals surface area contributed by atoms with Crippen LogP contribution in [-0.2, 0) is 0 Å². The summed E-state index contributed by atoms with van der Waals surface area (Å²) in [7, 11) is 0. The van der Waals surface area contributed by atoms with E-state index in [1.807, 2.05) is 13.8 Å². The molecule has 0 radical (unpaired) electrons. The summed E-state index contributed by atoms with van der Waals surface area (Å²) in [5.74, 6) is 1.76. The van der Waals surface area contributed by atoms with Crippen LogP contribution in [0.15, 0.2) is 17.7 Å². The average Bonchev–Trinajstić information content (AvgIpc) is 2.80. The number of aromatic amines is 1. The second kappa shape index (κ2) is 5.65. The molecule has 1 aliphatic carbocycles. The van der Waals surface area contributed by atoms with Crippen molar-refractivity contribution >= 4 is 16.9 Å². The topological polar surface area (TPSA) is 53.6 Å². The van der Waals surface area contributed by atoms with Crippen molar-refractivity contribution in [1.82, 2.24) is 15.0 Å². The van der Waals surface area contributed by atoms with Crippen LogP contribution in [0.4, 0.5) is 5.82 Å². The molecule has 0 saturated carbocycles. The number of allylic oxidation sites excluding steroid dienone is 1. The standard InChI is InChI=1S/C16H22N4/c1-11-10-14-15(19-12(2)20-16(14)18-11)17-9-8-13-6-4-3-5-7-13/h6,10H,3-5,7-9H2,1-2H3,(H2,17,18,19,20). The molecule has 0 saturated heterocycles. The molecule has 0 spiro atoms. The van der Waals surface area contributed by atoms with Crippen LogP contribution in [0.1, 0.15) is 43.6 Å². The maximum atomic E-state index is 4.54. The fourth-order valence-electron chi connectivity index (χ4n) is 2.86. The van der Waals surface area contributed by atoms with Crippen molar-refractivity contribution in [2.75, 3.05) is 11.9 Å². The van der Waals surface area contributed by atoms with Crippen molar-refractivity contribution < 1.29 is 0 Å². The first kappa shape index (κ1) is 13.2. The largest absolute Gasteiger partial charge is 0.369 e. The molecule has 0 aliphatic heterocycles. The number of hydrogen-bond donors (Lipinski definition) is 2. The number of nitrogens with one attached hydrogen (secondary N) is 2. The Morgan fingerprint density at radius 3 is 2.95 bits per heavy atom. The molecular weight excluding hydrogens is 248 g/mol. The molecule has 2 aromatic heterocycles. The summed E-state index contributed by atoms with van der Waals surface area (Å²) in [5.41, 5.74) is 3.64. The number of H-pyrrole nitrogens is 1. The second-order valence-corrected chi connectivity index (χ2v) is 5.62. The van der Waals surface area contributed by atoms with Crippen LogP contribution in [0, 0.1) is 13.8 Å².